The third kappa shape index (κ3) is 13.4. The predicted molar refractivity (Wildman–Crippen MR) is 83.7 cm³/mol. The average molecular weight is 300 g/mol. The Morgan fingerprint density at radius 1 is 0.857 bits per heavy atom. The summed E-state index contributed by atoms with van der Waals surface area (Å²) in [6.45, 7) is 2.93. The van der Waals surface area contributed by atoms with Gasteiger partial charge in [0.05, 0.1) is 12.4 Å². The topological polar surface area (TPSA) is 18.5 Å². The first-order valence-corrected chi connectivity index (χ1v) is 8.19. The van der Waals surface area contributed by atoms with E-state index in [-0.39, 0.29) is 29.6 Å². The minimum absolute atomic E-state index is 0. The van der Waals surface area contributed by atoms with Crippen molar-refractivity contribution in [2.75, 3.05) is 6.61 Å². The van der Waals surface area contributed by atoms with E-state index in [4.69, 9.17) is 9.78 Å². The Morgan fingerprint density at radius 2 is 1.48 bits per heavy atom. The Hall–Kier alpha value is -0.0200. The van der Waals surface area contributed by atoms with E-state index in [2.05, 4.69) is 13.0 Å². The fourth-order valence-corrected chi connectivity index (χ4v) is 2.18. The van der Waals surface area contributed by atoms with E-state index in [1.807, 2.05) is 24.3 Å². The Balaban J connectivity index is 0.00000400. The van der Waals surface area contributed by atoms with Gasteiger partial charge >= 0.3 is 29.6 Å². The van der Waals surface area contributed by atoms with E-state index in [1.54, 1.807) is 0 Å². The second-order valence-corrected chi connectivity index (χ2v) is 5.31. The molecule has 0 aliphatic carbocycles. The van der Waals surface area contributed by atoms with Crippen LogP contribution in [0.15, 0.2) is 24.3 Å². The van der Waals surface area contributed by atoms with Gasteiger partial charge in [0.1, 0.15) is 0 Å². The van der Waals surface area contributed by atoms with E-state index < -0.39 is 0 Å². The van der Waals surface area contributed by atoms with Crippen molar-refractivity contribution in [3.05, 3.63) is 30.3 Å². The molecule has 1 rings (SSSR count). The molecule has 0 aliphatic rings. The van der Waals surface area contributed by atoms with Crippen LogP contribution >= 0.6 is 0 Å². The maximum absolute atomic E-state index is 5.16. The Bertz CT molecular complexity index is 303. The first-order valence-electron chi connectivity index (χ1n) is 8.19. The molecular formula is C18H29NaO2. The van der Waals surface area contributed by atoms with Crippen molar-refractivity contribution in [1.82, 2.24) is 0 Å². The normalized spacial score (nSPS) is 10.1. The Kier molecular flexibility index (Phi) is 16.3. The van der Waals surface area contributed by atoms with Crippen LogP contribution in [0.25, 0.3) is 0 Å². The summed E-state index contributed by atoms with van der Waals surface area (Å²) in [6.07, 6.45) is 13.3. The van der Waals surface area contributed by atoms with Gasteiger partial charge in [-0.2, -0.15) is 23.1 Å². The number of hydrogen-bond donors (Lipinski definition) is 0. The zero-order valence-electron chi connectivity index (χ0n) is 13.9. The van der Waals surface area contributed by atoms with Gasteiger partial charge in [-0.1, -0.05) is 64.7 Å². The van der Waals surface area contributed by atoms with Gasteiger partial charge in [-0.3, -0.25) is 0 Å². The summed E-state index contributed by atoms with van der Waals surface area (Å²) in [5.74, 6) is 0.652. The van der Waals surface area contributed by atoms with Crippen LogP contribution in [0.2, 0.25) is 0 Å². The molecule has 21 heavy (non-hydrogen) atoms. The van der Waals surface area contributed by atoms with E-state index in [1.165, 1.54) is 57.8 Å². The molecule has 0 aliphatic heterocycles. The van der Waals surface area contributed by atoms with Crippen molar-refractivity contribution < 1.29 is 39.3 Å². The van der Waals surface area contributed by atoms with Crippen LogP contribution < -0.4 is 34.4 Å². The van der Waals surface area contributed by atoms with Crippen LogP contribution in [0.3, 0.4) is 0 Å². The summed E-state index contributed by atoms with van der Waals surface area (Å²) in [5.41, 5.74) is 0. The van der Waals surface area contributed by atoms with Gasteiger partial charge in [0, 0.05) is 0 Å². The molecule has 0 radical (unpaired) electrons. The third-order valence-electron chi connectivity index (χ3n) is 3.41. The number of hydrogen-bond acceptors (Lipinski definition) is 2. The van der Waals surface area contributed by atoms with Gasteiger partial charge in [0.2, 0.25) is 0 Å². The molecule has 0 aromatic heterocycles. The molecule has 0 bridgehead atoms. The molecule has 0 N–H and O–H groups in total. The molecule has 0 atom stereocenters. The molecular weight excluding hydrogens is 271 g/mol. The van der Waals surface area contributed by atoms with Crippen LogP contribution in [0.5, 0.6) is 5.75 Å². The third-order valence-corrected chi connectivity index (χ3v) is 3.41. The van der Waals surface area contributed by atoms with E-state index >= 15 is 0 Å². The van der Waals surface area contributed by atoms with Gasteiger partial charge in [-0.25, -0.2) is 0 Å². The maximum atomic E-state index is 5.16. The molecule has 114 valence electrons. The minimum Gasteiger partial charge on any atom is -0.365 e. The van der Waals surface area contributed by atoms with Gasteiger partial charge in [0.25, 0.3) is 0 Å². The monoisotopic (exact) mass is 300 g/mol. The summed E-state index contributed by atoms with van der Waals surface area (Å²) in [7, 11) is 0. The average Bonchev–Trinajstić information content (AvgIpc) is 2.49. The summed E-state index contributed by atoms with van der Waals surface area (Å²) < 4.78 is 0. The summed E-state index contributed by atoms with van der Waals surface area (Å²) >= 11 is 0. The molecule has 0 saturated carbocycles. The SMILES string of the molecule is CCCCCCCCCCCCOOc1[c-]cccc1.[Na+]. The van der Waals surface area contributed by atoms with Crippen molar-refractivity contribution in [3.63, 3.8) is 0 Å². The van der Waals surface area contributed by atoms with Crippen LogP contribution in [0.1, 0.15) is 71.1 Å². The Morgan fingerprint density at radius 3 is 2.05 bits per heavy atom. The minimum atomic E-state index is 0. The van der Waals surface area contributed by atoms with Gasteiger partial charge in [-0.15, -0.1) is 12.1 Å². The predicted octanol–water partition coefficient (Wildman–Crippen LogP) is 2.72. The second-order valence-electron chi connectivity index (χ2n) is 5.31. The zero-order chi connectivity index (χ0) is 14.3. The number of para-hydroxylation sites is 1. The first kappa shape index (κ1) is 21.0. The Labute approximate surface area is 152 Å². The molecule has 3 heteroatoms. The molecule has 1 aromatic carbocycles. The van der Waals surface area contributed by atoms with Crippen molar-refractivity contribution in [1.29, 1.82) is 0 Å². The van der Waals surface area contributed by atoms with Gasteiger partial charge < -0.3 is 4.89 Å². The van der Waals surface area contributed by atoms with Crippen molar-refractivity contribution >= 4 is 0 Å². The van der Waals surface area contributed by atoms with Crippen LogP contribution in [0.4, 0.5) is 0 Å². The van der Waals surface area contributed by atoms with Crippen LogP contribution in [0, 0.1) is 6.07 Å². The van der Waals surface area contributed by atoms with Crippen LogP contribution in [-0.2, 0) is 4.89 Å². The van der Waals surface area contributed by atoms with Gasteiger partial charge in [-0.05, 0) is 6.42 Å². The van der Waals surface area contributed by atoms with Crippen molar-refractivity contribution in [2.45, 2.75) is 71.1 Å². The van der Waals surface area contributed by atoms with Crippen molar-refractivity contribution in [2.24, 2.45) is 0 Å². The maximum Gasteiger partial charge on any atom is 1.00 e. The zero-order valence-corrected chi connectivity index (χ0v) is 15.9. The number of rotatable bonds is 13. The van der Waals surface area contributed by atoms with Gasteiger partial charge in [0.15, 0.2) is 0 Å². The molecule has 2 nitrogen and oxygen atoms in total. The van der Waals surface area contributed by atoms with E-state index in [0.29, 0.717) is 12.4 Å². The molecule has 0 heterocycles. The molecule has 0 fully saturated rings. The largest absolute Gasteiger partial charge is 1.00 e. The summed E-state index contributed by atoms with van der Waals surface area (Å²) in [4.78, 5) is 10.3. The number of benzene rings is 1. The molecule has 0 unspecified atom stereocenters. The molecule has 0 saturated heterocycles. The molecule has 0 spiro atoms. The second kappa shape index (κ2) is 16.4. The quantitative estimate of drug-likeness (QED) is 0.183. The summed E-state index contributed by atoms with van der Waals surface area (Å²) in [5, 5.41) is 0. The smallest absolute Gasteiger partial charge is 0.365 e. The van der Waals surface area contributed by atoms with Crippen LogP contribution in [-0.4, -0.2) is 6.61 Å². The van der Waals surface area contributed by atoms with E-state index in [9.17, 15) is 0 Å². The summed E-state index contributed by atoms with van der Waals surface area (Å²) in [6, 6.07) is 10.4. The first-order chi connectivity index (χ1) is 9.93. The standard InChI is InChI=1S/C18H29O2.Na/c1-2-3-4-5-6-7-8-9-10-14-17-19-20-18-15-12-11-13-16-18;/h11-13,15H,2-10,14,17H2,1H3;/q-1;+1. The van der Waals surface area contributed by atoms with Crippen molar-refractivity contribution in [3.8, 4) is 5.75 Å². The van der Waals surface area contributed by atoms with E-state index in [0.717, 1.165) is 6.42 Å². The fourth-order valence-electron chi connectivity index (χ4n) is 2.18. The number of unbranched alkanes of at least 4 members (excludes halogenated alkanes) is 9. The molecule has 0 amide bonds. The fraction of sp³-hybridized carbons (Fsp3) is 0.667. The molecule has 1 aromatic rings.